The van der Waals surface area contributed by atoms with Crippen LogP contribution >= 0.6 is 0 Å². The summed E-state index contributed by atoms with van der Waals surface area (Å²) in [6.45, 7) is 5.73. The van der Waals surface area contributed by atoms with Crippen LogP contribution in [0.1, 0.15) is 56.2 Å². The van der Waals surface area contributed by atoms with Crippen molar-refractivity contribution in [3.8, 4) is 33.5 Å². The van der Waals surface area contributed by atoms with Crippen LogP contribution in [0.2, 0.25) is 0 Å². The Hall–Kier alpha value is -3.97. The number of rotatable bonds is 9. The average molecular weight is 523 g/mol. The molecule has 0 spiro atoms. The molecule has 1 aliphatic heterocycles. The van der Waals surface area contributed by atoms with Gasteiger partial charge in [0, 0.05) is 17.0 Å². The van der Waals surface area contributed by atoms with Crippen molar-refractivity contribution in [1.29, 1.82) is 0 Å². The van der Waals surface area contributed by atoms with E-state index in [1.165, 1.54) is 82.3 Å². The third kappa shape index (κ3) is 5.80. The first-order chi connectivity index (χ1) is 19.6. The first-order valence-electron chi connectivity index (χ1n) is 14.9. The Morgan fingerprint density at radius 2 is 1.18 bits per heavy atom. The maximum atomic E-state index is 2.46. The largest absolute Gasteiger partial charge is 0.212 e. The lowest BCUT2D eigenvalue weighted by atomic mass is 9.77. The van der Waals surface area contributed by atoms with Crippen LogP contribution in [0, 0.1) is 0 Å². The summed E-state index contributed by atoms with van der Waals surface area (Å²) in [5.41, 5.74) is 12.2. The zero-order valence-electron chi connectivity index (χ0n) is 23.9. The SMILES string of the molecule is CC1(C)C[n+]2cc(-c3ccccc3)ccc2-c2cc(-c3cccc(CCCCCCc4ccccc4)c3)ccc21. The van der Waals surface area contributed by atoms with E-state index in [1.54, 1.807) is 0 Å². The monoisotopic (exact) mass is 522 g/mol. The molecule has 40 heavy (non-hydrogen) atoms. The fraction of sp³-hybridized carbons (Fsp3) is 0.256. The minimum atomic E-state index is 0.0726. The van der Waals surface area contributed by atoms with Gasteiger partial charge in [-0.1, -0.05) is 110 Å². The van der Waals surface area contributed by atoms with Crippen molar-refractivity contribution in [3.05, 3.63) is 138 Å². The molecule has 0 amide bonds. The van der Waals surface area contributed by atoms with E-state index in [0.29, 0.717) is 0 Å². The summed E-state index contributed by atoms with van der Waals surface area (Å²) in [6.07, 6.45) is 9.81. The summed E-state index contributed by atoms with van der Waals surface area (Å²) in [5.74, 6) is 0. The lowest BCUT2D eigenvalue weighted by Gasteiger charge is -2.30. The molecule has 1 nitrogen and oxygen atoms in total. The topological polar surface area (TPSA) is 3.88 Å². The van der Waals surface area contributed by atoms with Crippen LogP contribution in [-0.4, -0.2) is 0 Å². The van der Waals surface area contributed by atoms with Crippen molar-refractivity contribution in [2.75, 3.05) is 0 Å². The van der Waals surface area contributed by atoms with Crippen LogP contribution in [0.5, 0.6) is 0 Å². The molecule has 0 fully saturated rings. The summed E-state index contributed by atoms with van der Waals surface area (Å²) < 4.78 is 2.46. The Kier molecular flexibility index (Phi) is 7.64. The molecule has 0 saturated heterocycles. The maximum absolute atomic E-state index is 2.46. The van der Waals surface area contributed by atoms with E-state index in [0.717, 1.165) is 13.0 Å². The molecule has 0 atom stereocenters. The van der Waals surface area contributed by atoms with E-state index in [9.17, 15) is 0 Å². The molecule has 0 radical (unpaired) electrons. The molecule has 0 saturated carbocycles. The fourth-order valence-corrected chi connectivity index (χ4v) is 6.32. The minimum Gasteiger partial charge on any atom is -0.197 e. The number of hydrogen-bond acceptors (Lipinski definition) is 0. The van der Waals surface area contributed by atoms with Crippen LogP contribution in [0.25, 0.3) is 33.5 Å². The van der Waals surface area contributed by atoms with Gasteiger partial charge in [0.2, 0.25) is 5.69 Å². The first-order valence-corrected chi connectivity index (χ1v) is 14.9. The van der Waals surface area contributed by atoms with E-state index in [-0.39, 0.29) is 5.41 Å². The van der Waals surface area contributed by atoms with Gasteiger partial charge in [0.1, 0.15) is 0 Å². The highest BCUT2D eigenvalue weighted by Gasteiger charge is 2.36. The normalized spacial score (nSPS) is 13.4. The number of benzene rings is 4. The van der Waals surface area contributed by atoms with Crippen molar-refractivity contribution in [1.82, 2.24) is 0 Å². The van der Waals surface area contributed by atoms with Gasteiger partial charge in [-0.3, -0.25) is 0 Å². The van der Waals surface area contributed by atoms with Crippen LogP contribution < -0.4 is 4.57 Å². The highest BCUT2D eigenvalue weighted by atomic mass is 15.0. The molecule has 2 heterocycles. The van der Waals surface area contributed by atoms with Gasteiger partial charge in [0.15, 0.2) is 12.7 Å². The molecule has 0 aliphatic carbocycles. The first kappa shape index (κ1) is 26.3. The molecule has 200 valence electrons. The zero-order chi connectivity index (χ0) is 27.4. The minimum absolute atomic E-state index is 0.0726. The highest BCUT2D eigenvalue weighted by Crippen LogP contribution is 2.39. The van der Waals surface area contributed by atoms with E-state index in [1.807, 2.05) is 0 Å². The smallest absolute Gasteiger partial charge is 0.197 e. The van der Waals surface area contributed by atoms with Gasteiger partial charge in [-0.05, 0) is 85.0 Å². The van der Waals surface area contributed by atoms with Gasteiger partial charge in [-0.2, -0.15) is 4.57 Å². The zero-order valence-corrected chi connectivity index (χ0v) is 23.9. The molecule has 0 bridgehead atoms. The molecular weight excluding hydrogens is 482 g/mol. The van der Waals surface area contributed by atoms with Crippen LogP contribution in [0.3, 0.4) is 0 Å². The van der Waals surface area contributed by atoms with Gasteiger partial charge in [-0.25, -0.2) is 0 Å². The summed E-state index contributed by atoms with van der Waals surface area (Å²) in [5, 5.41) is 0. The lowest BCUT2D eigenvalue weighted by Crippen LogP contribution is -2.48. The second-order valence-electron chi connectivity index (χ2n) is 12.0. The van der Waals surface area contributed by atoms with Crippen molar-refractivity contribution in [2.45, 2.75) is 64.3 Å². The third-order valence-electron chi connectivity index (χ3n) is 8.51. The third-order valence-corrected chi connectivity index (χ3v) is 8.51. The van der Waals surface area contributed by atoms with Gasteiger partial charge in [0.25, 0.3) is 0 Å². The van der Waals surface area contributed by atoms with Crippen molar-refractivity contribution < 1.29 is 4.57 Å². The number of fused-ring (bicyclic) bond motifs is 3. The highest BCUT2D eigenvalue weighted by molar-refractivity contribution is 5.75. The number of aryl methyl sites for hydroxylation is 2. The molecule has 4 aromatic carbocycles. The number of hydrogen-bond donors (Lipinski definition) is 0. The van der Waals surface area contributed by atoms with Crippen LogP contribution in [-0.2, 0) is 24.8 Å². The van der Waals surface area contributed by atoms with Crippen molar-refractivity contribution in [2.24, 2.45) is 0 Å². The van der Waals surface area contributed by atoms with Crippen molar-refractivity contribution >= 4 is 0 Å². The Labute approximate surface area is 240 Å². The molecule has 5 aromatic rings. The standard InChI is InChI=1S/C39H40N/c1-39(2)29-40-28-35(32-19-11-6-12-20-32)23-25-38(40)36-27-34(22-24-37(36)39)33-21-13-18-31(26-33)17-8-4-3-7-14-30-15-9-5-10-16-30/h5-6,9-13,15-16,18-28H,3-4,7-8,14,17,29H2,1-2H3/q+1. The second-order valence-corrected chi connectivity index (χ2v) is 12.0. The number of pyridine rings is 1. The summed E-state index contributed by atoms with van der Waals surface area (Å²) >= 11 is 0. The molecule has 0 unspecified atom stereocenters. The molecular formula is C39H40N+. The average Bonchev–Trinajstić information content (AvgIpc) is 2.99. The number of nitrogens with zero attached hydrogens (tertiary/aromatic N) is 1. The summed E-state index contributed by atoms with van der Waals surface area (Å²) in [4.78, 5) is 0. The van der Waals surface area contributed by atoms with Gasteiger partial charge >= 0.3 is 0 Å². The van der Waals surface area contributed by atoms with Crippen LogP contribution in [0.4, 0.5) is 0 Å². The van der Waals surface area contributed by atoms with E-state index in [4.69, 9.17) is 0 Å². The fourth-order valence-electron chi connectivity index (χ4n) is 6.32. The van der Waals surface area contributed by atoms with Crippen LogP contribution in [0.15, 0.2) is 121 Å². The van der Waals surface area contributed by atoms with Crippen molar-refractivity contribution in [3.63, 3.8) is 0 Å². The second kappa shape index (κ2) is 11.6. The quantitative estimate of drug-likeness (QED) is 0.134. The van der Waals surface area contributed by atoms with Gasteiger partial charge < -0.3 is 0 Å². The van der Waals surface area contributed by atoms with E-state index in [2.05, 4.69) is 140 Å². The number of unbranched alkanes of at least 4 members (excludes halogenated alkanes) is 3. The summed E-state index contributed by atoms with van der Waals surface area (Å²) in [6, 6.07) is 42.5. The Bertz CT molecular complexity index is 1580. The maximum Gasteiger partial charge on any atom is 0.212 e. The Morgan fingerprint density at radius 3 is 1.95 bits per heavy atom. The molecule has 1 heteroatoms. The Morgan fingerprint density at radius 1 is 0.550 bits per heavy atom. The predicted octanol–water partition coefficient (Wildman–Crippen LogP) is 9.61. The predicted molar refractivity (Wildman–Crippen MR) is 168 cm³/mol. The molecule has 0 N–H and O–H groups in total. The van der Waals surface area contributed by atoms with Gasteiger partial charge in [0.05, 0.1) is 5.56 Å². The van der Waals surface area contributed by atoms with E-state index >= 15 is 0 Å². The molecule has 6 rings (SSSR count). The molecule has 1 aromatic heterocycles. The summed E-state index contributed by atoms with van der Waals surface area (Å²) in [7, 11) is 0. The lowest BCUT2D eigenvalue weighted by molar-refractivity contribution is -0.695. The number of aromatic nitrogens is 1. The van der Waals surface area contributed by atoms with Gasteiger partial charge in [-0.15, -0.1) is 0 Å². The van der Waals surface area contributed by atoms with E-state index < -0.39 is 0 Å². The molecule has 1 aliphatic rings. The Balaban J connectivity index is 1.17.